The molecule has 0 spiro atoms. The lowest BCUT2D eigenvalue weighted by Gasteiger charge is -2.03. The first-order chi connectivity index (χ1) is 7.31. The topological polar surface area (TPSA) is 12.9 Å². The third-order valence-corrected chi connectivity index (χ3v) is 2.67. The van der Waals surface area contributed by atoms with E-state index < -0.39 is 0 Å². The largest absolute Gasteiger partial charge is 0.252 e. The van der Waals surface area contributed by atoms with E-state index in [9.17, 15) is 4.39 Å². The third kappa shape index (κ3) is 2.23. The highest BCUT2D eigenvalue weighted by Crippen LogP contribution is 2.20. The molecule has 1 aromatic carbocycles. The lowest BCUT2D eigenvalue weighted by Crippen LogP contribution is -1.90. The highest BCUT2D eigenvalue weighted by molar-refractivity contribution is 9.08. The summed E-state index contributed by atoms with van der Waals surface area (Å²) in [5.74, 6) is -0.239. The Hall–Kier alpha value is -1.22. The molecule has 0 aliphatic rings. The molecule has 2 rings (SSSR count). The fourth-order valence-electron chi connectivity index (χ4n) is 1.37. The summed E-state index contributed by atoms with van der Waals surface area (Å²) < 4.78 is 13.5. The molecule has 76 valence electrons. The maximum atomic E-state index is 13.5. The Labute approximate surface area is 96.1 Å². The number of halogens is 2. The zero-order valence-corrected chi connectivity index (χ0v) is 9.54. The molecule has 0 saturated carbocycles. The van der Waals surface area contributed by atoms with Crippen molar-refractivity contribution in [2.45, 2.75) is 5.33 Å². The van der Waals surface area contributed by atoms with Crippen LogP contribution in [0.5, 0.6) is 0 Å². The Balaban J connectivity index is 2.49. The number of aromatic nitrogens is 1. The molecule has 1 nitrogen and oxygen atoms in total. The number of benzene rings is 1. The van der Waals surface area contributed by atoms with Crippen molar-refractivity contribution in [3.05, 3.63) is 54.0 Å². The van der Waals surface area contributed by atoms with Crippen LogP contribution in [0.1, 0.15) is 5.69 Å². The molecule has 0 unspecified atom stereocenters. The van der Waals surface area contributed by atoms with Crippen molar-refractivity contribution in [2.24, 2.45) is 0 Å². The summed E-state index contributed by atoms with van der Waals surface area (Å²) in [6.07, 6.45) is 0. The van der Waals surface area contributed by atoms with Crippen LogP contribution in [0.25, 0.3) is 11.3 Å². The number of hydrogen-bond donors (Lipinski definition) is 0. The zero-order valence-electron chi connectivity index (χ0n) is 7.95. The fourth-order valence-corrected chi connectivity index (χ4v) is 1.69. The van der Waals surface area contributed by atoms with Crippen LogP contribution in [-0.4, -0.2) is 4.98 Å². The van der Waals surface area contributed by atoms with E-state index in [1.165, 1.54) is 6.07 Å². The Morgan fingerprint density at radius 2 is 1.87 bits per heavy atom. The second-order valence-electron chi connectivity index (χ2n) is 3.13. The van der Waals surface area contributed by atoms with Crippen molar-refractivity contribution in [2.75, 3.05) is 0 Å². The normalized spacial score (nSPS) is 10.3. The monoisotopic (exact) mass is 265 g/mol. The van der Waals surface area contributed by atoms with Gasteiger partial charge in [0.15, 0.2) is 0 Å². The molecule has 0 amide bonds. The van der Waals surface area contributed by atoms with E-state index in [-0.39, 0.29) is 5.82 Å². The smallest absolute Gasteiger partial charge is 0.132 e. The van der Waals surface area contributed by atoms with Crippen LogP contribution in [0.4, 0.5) is 4.39 Å². The van der Waals surface area contributed by atoms with Gasteiger partial charge < -0.3 is 0 Å². The molecular weight excluding hydrogens is 257 g/mol. The Kier molecular flexibility index (Phi) is 3.11. The Bertz CT molecular complexity index is 471. The maximum absolute atomic E-state index is 13.5. The number of pyridine rings is 1. The van der Waals surface area contributed by atoms with E-state index in [1.54, 1.807) is 18.2 Å². The van der Waals surface area contributed by atoms with Crippen molar-refractivity contribution in [1.29, 1.82) is 0 Å². The van der Waals surface area contributed by atoms with E-state index >= 15 is 0 Å². The average molecular weight is 266 g/mol. The van der Waals surface area contributed by atoms with Crippen LogP contribution in [-0.2, 0) is 5.33 Å². The van der Waals surface area contributed by atoms with Crippen molar-refractivity contribution in [3.63, 3.8) is 0 Å². The highest BCUT2D eigenvalue weighted by atomic mass is 79.9. The quantitative estimate of drug-likeness (QED) is 0.754. The van der Waals surface area contributed by atoms with Crippen LogP contribution in [0.2, 0.25) is 0 Å². The second kappa shape index (κ2) is 4.53. The van der Waals surface area contributed by atoms with Gasteiger partial charge >= 0.3 is 0 Å². The SMILES string of the molecule is Fc1ccccc1-c1cccc(CBr)n1. The van der Waals surface area contributed by atoms with Crippen LogP contribution >= 0.6 is 15.9 Å². The first-order valence-corrected chi connectivity index (χ1v) is 5.70. The minimum atomic E-state index is -0.239. The van der Waals surface area contributed by atoms with Gasteiger partial charge in [0.2, 0.25) is 0 Å². The van der Waals surface area contributed by atoms with Gasteiger partial charge in [-0.2, -0.15) is 0 Å². The van der Waals surface area contributed by atoms with Crippen molar-refractivity contribution in [1.82, 2.24) is 4.98 Å². The zero-order chi connectivity index (χ0) is 10.7. The Morgan fingerprint density at radius 1 is 1.07 bits per heavy atom. The first kappa shape index (κ1) is 10.3. The van der Waals surface area contributed by atoms with Crippen LogP contribution in [0.3, 0.4) is 0 Å². The molecule has 0 aliphatic heterocycles. The molecule has 0 aliphatic carbocycles. The predicted octanol–water partition coefficient (Wildman–Crippen LogP) is 3.78. The lowest BCUT2D eigenvalue weighted by atomic mass is 10.1. The number of hydrogen-bond acceptors (Lipinski definition) is 1. The maximum Gasteiger partial charge on any atom is 0.132 e. The van der Waals surface area contributed by atoms with Crippen molar-refractivity contribution in [3.8, 4) is 11.3 Å². The van der Waals surface area contributed by atoms with E-state index in [0.29, 0.717) is 16.6 Å². The summed E-state index contributed by atoms with van der Waals surface area (Å²) in [7, 11) is 0. The van der Waals surface area contributed by atoms with Gasteiger partial charge in [-0.1, -0.05) is 34.1 Å². The first-order valence-electron chi connectivity index (χ1n) is 4.58. The molecule has 15 heavy (non-hydrogen) atoms. The minimum Gasteiger partial charge on any atom is -0.252 e. The molecule has 2 aromatic rings. The summed E-state index contributed by atoms with van der Waals surface area (Å²) >= 11 is 3.33. The van der Waals surface area contributed by atoms with Gasteiger partial charge in [-0.15, -0.1) is 0 Å². The molecule has 0 bridgehead atoms. The van der Waals surface area contributed by atoms with E-state index in [1.807, 2.05) is 18.2 Å². The van der Waals surface area contributed by atoms with E-state index in [0.717, 1.165) is 5.69 Å². The highest BCUT2D eigenvalue weighted by Gasteiger charge is 2.05. The third-order valence-electron chi connectivity index (χ3n) is 2.09. The predicted molar refractivity (Wildman–Crippen MR) is 62.3 cm³/mol. The summed E-state index contributed by atoms with van der Waals surface area (Å²) in [4.78, 5) is 4.34. The van der Waals surface area contributed by atoms with Crippen molar-refractivity contribution >= 4 is 15.9 Å². The van der Waals surface area contributed by atoms with Gasteiger partial charge in [0.05, 0.1) is 11.4 Å². The van der Waals surface area contributed by atoms with Gasteiger partial charge in [0.1, 0.15) is 5.82 Å². The average Bonchev–Trinajstić information content (AvgIpc) is 2.30. The summed E-state index contributed by atoms with van der Waals surface area (Å²) in [6, 6.07) is 12.2. The van der Waals surface area contributed by atoms with Gasteiger partial charge in [0.25, 0.3) is 0 Å². The summed E-state index contributed by atoms with van der Waals surface area (Å²) in [5, 5.41) is 0.676. The molecule has 0 saturated heterocycles. The van der Waals surface area contributed by atoms with Gasteiger partial charge in [0, 0.05) is 10.9 Å². The van der Waals surface area contributed by atoms with Gasteiger partial charge in [-0.3, -0.25) is 4.98 Å². The van der Waals surface area contributed by atoms with Crippen LogP contribution < -0.4 is 0 Å². The molecule has 1 aromatic heterocycles. The molecule has 3 heteroatoms. The standard InChI is InChI=1S/C12H9BrFN/c13-8-9-4-3-7-12(15-9)10-5-1-2-6-11(10)14/h1-7H,8H2. The minimum absolute atomic E-state index is 0.239. The second-order valence-corrected chi connectivity index (χ2v) is 3.69. The molecule has 1 heterocycles. The number of rotatable bonds is 2. The number of nitrogens with zero attached hydrogens (tertiary/aromatic N) is 1. The van der Waals surface area contributed by atoms with Gasteiger partial charge in [-0.05, 0) is 24.3 Å². The van der Waals surface area contributed by atoms with Crippen molar-refractivity contribution < 1.29 is 4.39 Å². The molecule has 0 fully saturated rings. The van der Waals surface area contributed by atoms with Crippen LogP contribution in [0.15, 0.2) is 42.5 Å². The summed E-state index contributed by atoms with van der Waals surface area (Å²) in [6.45, 7) is 0. The summed E-state index contributed by atoms with van der Waals surface area (Å²) in [5.41, 5.74) is 2.11. The van der Waals surface area contributed by atoms with Gasteiger partial charge in [-0.25, -0.2) is 4.39 Å². The fraction of sp³-hybridized carbons (Fsp3) is 0.0833. The molecule has 0 radical (unpaired) electrons. The van der Waals surface area contributed by atoms with Crippen LogP contribution in [0, 0.1) is 5.82 Å². The Morgan fingerprint density at radius 3 is 2.60 bits per heavy atom. The lowest BCUT2D eigenvalue weighted by molar-refractivity contribution is 0.630. The van der Waals surface area contributed by atoms with E-state index in [2.05, 4.69) is 20.9 Å². The molecule has 0 N–H and O–H groups in total. The molecular formula is C12H9BrFN. The van der Waals surface area contributed by atoms with E-state index in [4.69, 9.17) is 0 Å². The number of alkyl halides is 1. The molecule has 0 atom stereocenters.